The Morgan fingerprint density at radius 3 is 1.19 bits per heavy atom. The number of nitrogens with zero attached hydrogens (tertiary/aromatic N) is 2. The molecule has 3 aliphatic rings. The summed E-state index contributed by atoms with van der Waals surface area (Å²) in [5.74, 6) is -6.15. The first-order chi connectivity index (χ1) is 35.1. The first-order valence-electron chi connectivity index (χ1n) is 24.3. The molecule has 2 aromatic rings. The van der Waals surface area contributed by atoms with Gasteiger partial charge in [0, 0.05) is 38.3 Å². The van der Waals surface area contributed by atoms with Gasteiger partial charge in [-0.3, -0.25) is 24.0 Å². The van der Waals surface area contributed by atoms with Crippen molar-refractivity contribution in [3.05, 3.63) is 72.8 Å². The van der Waals surface area contributed by atoms with Gasteiger partial charge in [-0.15, -0.1) is 0 Å². The molecular formula is C52H62N2O19. The molecule has 5 rings (SSSR count). The van der Waals surface area contributed by atoms with Crippen molar-refractivity contribution in [1.29, 1.82) is 0 Å². The van der Waals surface area contributed by atoms with Crippen LogP contribution in [-0.4, -0.2) is 129 Å². The van der Waals surface area contributed by atoms with E-state index in [0.29, 0.717) is 77.0 Å². The lowest BCUT2D eigenvalue weighted by molar-refractivity contribution is -0.152. The summed E-state index contributed by atoms with van der Waals surface area (Å²) in [6.45, 7) is 8.89. The van der Waals surface area contributed by atoms with Crippen molar-refractivity contribution in [3.63, 3.8) is 0 Å². The van der Waals surface area contributed by atoms with Crippen LogP contribution in [0.25, 0.3) is 0 Å². The fourth-order valence-electron chi connectivity index (χ4n) is 8.24. The zero-order chi connectivity index (χ0) is 52.9. The highest BCUT2D eigenvalue weighted by Crippen LogP contribution is 2.35. The second-order valence-electron chi connectivity index (χ2n) is 17.5. The van der Waals surface area contributed by atoms with E-state index >= 15 is 0 Å². The molecule has 73 heavy (non-hydrogen) atoms. The molecule has 2 aromatic carbocycles. The number of piperazine rings is 1. The number of benzene rings is 2. The number of carbonyl (C=O) groups is 10. The minimum absolute atomic E-state index is 0.00799. The maximum Gasteiger partial charge on any atom is 0.415 e. The first kappa shape index (κ1) is 56.3. The molecule has 394 valence electrons. The summed E-state index contributed by atoms with van der Waals surface area (Å²) in [6.07, 6.45) is 5.81. The smallest absolute Gasteiger partial charge is 0.415 e. The molecule has 2 amide bonds. The number of carbonyl (C=O) groups excluding carboxylic acids is 10. The van der Waals surface area contributed by atoms with Crippen molar-refractivity contribution in [1.82, 2.24) is 9.80 Å². The Kier molecular flexibility index (Phi) is 22.0. The SMILES string of the molecule is C=CC(=O)OCCCCOC(=O)C1CCC(C(=O)Oc2ccc(OC(=O)N3CCN(C(=O)Oc4ccc(OC(=O)C5CCC(C(=O)OCCCCOC(=O)C=C)CC5)c(C(=O)OC)c4)CC3)cc2C(C)=O)CC1. The Morgan fingerprint density at radius 1 is 0.493 bits per heavy atom. The molecule has 0 aromatic heterocycles. The van der Waals surface area contributed by atoms with Crippen LogP contribution in [0, 0.1) is 23.7 Å². The molecule has 21 heteroatoms. The van der Waals surface area contributed by atoms with Crippen LogP contribution >= 0.6 is 0 Å². The predicted molar refractivity (Wildman–Crippen MR) is 254 cm³/mol. The normalized spacial score (nSPS) is 18.4. The minimum atomic E-state index is -0.850. The zero-order valence-electron chi connectivity index (χ0n) is 41.1. The predicted octanol–water partition coefficient (Wildman–Crippen LogP) is 6.52. The van der Waals surface area contributed by atoms with E-state index in [4.69, 9.17) is 42.6 Å². The van der Waals surface area contributed by atoms with Crippen molar-refractivity contribution in [3.8, 4) is 23.0 Å². The van der Waals surface area contributed by atoms with E-state index in [0.717, 1.165) is 19.3 Å². The fourth-order valence-corrected chi connectivity index (χ4v) is 8.24. The maximum atomic E-state index is 13.2. The van der Waals surface area contributed by atoms with Crippen LogP contribution in [0.4, 0.5) is 9.59 Å². The minimum Gasteiger partial charge on any atom is -0.465 e. The molecule has 0 unspecified atom stereocenters. The van der Waals surface area contributed by atoms with Gasteiger partial charge in [-0.2, -0.15) is 0 Å². The molecule has 2 aliphatic carbocycles. The van der Waals surface area contributed by atoms with Crippen molar-refractivity contribution >= 4 is 59.8 Å². The van der Waals surface area contributed by atoms with Gasteiger partial charge in [0.25, 0.3) is 0 Å². The lowest BCUT2D eigenvalue weighted by atomic mass is 9.82. The molecule has 0 atom stereocenters. The van der Waals surface area contributed by atoms with E-state index in [1.807, 2.05) is 0 Å². The Balaban J connectivity index is 1.03. The number of hydrogen-bond donors (Lipinski definition) is 0. The number of ether oxygens (including phenoxy) is 9. The largest absolute Gasteiger partial charge is 0.465 e. The highest BCUT2D eigenvalue weighted by Gasteiger charge is 2.35. The van der Waals surface area contributed by atoms with Gasteiger partial charge in [0.2, 0.25) is 0 Å². The van der Waals surface area contributed by atoms with Crippen LogP contribution in [0.2, 0.25) is 0 Å². The number of unbranched alkanes of at least 4 members (excludes halogenated alkanes) is 2. The molecule has 21 nitrogen and oxygen atoms in total. The molecule has 1 heterocycles. The number of methoxy groups -OCH3 is 1. The van der Waals surface area contributed by atoms with Gasteiger partial charge in [-0.05, 0) is 120 Å². The van der Waals surface area contributed by atoms with Gasteiger partial charge in [0.05, 0.1) is 62.8 Å². The van der Waals surface area contributed by atoms with Crippen molar-refractivity contribution < 1.29 is 90.6 Å². The van der Waals surface area contributed by atoms with Gasteiger partial charge in [-0.1, -0.05) is 13.2 Å². The van der Waals surface area contributed by atoms with Gasteiger partial charge < -0.3 is 52.4 Å². The van der Waals surface area contributed by atoms with E-state index in [9.17, 15) is 47.9 Å². The topological polar surface area (TPSA) is 260 Å². The molecular weight excluding hydrogens is 957 g/mol. The van der Waals surface area contributed by atoms with Crippen LogP contribution in [0.1, 0.15) is 105 Å². The third kappa shape index (κ3) is 17.3. The summed E-state index contributed by atoms with van der Waals surface area (Å²) in [7, 11) is 1.14. The number of ketones is 1. The highest BCUT2D eigenvalue weighted by molar-refractivity contribution is 5.98. The van der Waals surface area contributed by atoms with E-state index < -0.39 is 59.7 Å². The average Bonchev–Trinajstić information content (AvgIpc) is 3.40. The van der Waals surface area contributed by atoms with Gasteiger partial charge in [-0.25, -0.2) is 24.0 Å². The Labute approximate surface area is 422 Å². The number of hydrogen-bond acceptors (Lipinski definition) is 19. The van der Waals surface area contributed by atoms with Crippen LogP contribution < -0.4 is 18.9 Å². The number of Topliss-reactive ketones (excluding diaryl/α,β-unsaturated/α-hetero) is 1. The van der Waals surface area contributed by atoms with E-state index in [1.54, 1.807) is 0 Å². The molecule has 1 saturated heterocycles. The van der Waals surface area contributed by atoms with Crippen molar-refractivity contribution in [2.45, 2.75) is 84.0 Å². The quantitative estimate of drug-likeness (QED) is 0.0303. The summed E-state index contributed by atoms with van der Waals surface area (Å²) < 4.78 is 47.8. The van der Waals surface area contributed by atoms with Gasteiger partial charge >= 0.3 is 54.0 Å². The van der Waals surface area contributed by atoms with E-state index in [1.165, 1.54) is 53.1 Å². The monoisotopic (exact) mass is 1020 g/mol. The zero-order valence-corrected chi connectivity index (χ0v) is 41.1. The Hall–Kier alpha value is -7.58. The summed E-state index contributed by atoms with van der Waals surface area (Å²) in [5, 5.41) is 0. The van der Waals surface area contributed by atoms with E-state index in [-0.39, 0.29) is 111 Å². The van der Waals surface area contributed by atoms with Gasteiger partial charge in [0.1, 0.15) is 28.6 Å². The summed E-state index contributed by atoms with van der Waals surface area (Å²) in [6, 6.07) is 7.92. The molecule has 0 N–H and O–H groups in total. The number of rotatable bonds is 22. The fraction of sp³-hybridized carbons (Fsp3) is 0.500. The van der Waals surface area contributed by atoms with E-state index in [2.05, 4.69) is 13.2 Å². The molecule has 0 radical (unpaired) electrons. The molecule has 0 bridgehead atoms. The molecule has 1 aliphatic heterocycles. The summed E-state index contributed by atoms with van der Waals surface area (Å²) in [4.78, 5) is 128. The molecule has 3 fully saturated rings. The second kappa shape index (κ2) is 28.5. The number of amides is 2. The standard InChI is InChI=1S/C52H62N2O19/c1-5-44(56)66-27-7-9-29-68-46(58)34-11-15-36(16-12-34)48(60)72-42-21-19-38(31-40(42)33(3)55)70-51(63)53-23-25-54(26-24-53)52(64)71-39-20-22-43(41(32-39)50(62)65-4)73-49(61)37-17-13-35(14-18-37)47(59)69-30-10-8-28-67-45(57)6-2/h5-6,19-22,31-32,34-37H,1-2,7-18,23-30H2,3-4H3. The van der Waals surface area contributed by atoms with Crippen LogP contribution in [-0.2, 0) is 52.5 Å². The third-order valence-electron chi connectivity index (χ3n) is 12.5. The average molecular weight is 1020 g/mol. The van der Waals surface area contributed by atoms with Crippen molar-refractivity contribution in [2.75, 3.05) is 59.7 Å². The Morgan fingerprint density at radius 2 is 0.836 bits per heavy atom. The van der Waals surface area contributed by atoms with Crippen LogP contribution in [0.5, 0.6) is 23.0 Å². The third-order valence-corrected chi connectivity index (χ3v) is 12.5. The lowest BCUT2D eigenvalue weighted by Gasteiger charge is -2.33. The summed E-state index contributed by atoms with van der Waals surface area (Å²) in [5.41, 5.74) is -0.153. The second-order valence-corrected chi connectivity index (χ2v) is 17.5. The Bertz CT molecular complexity index is 2360. The van der Waals surface area contributed by atoms with Crippen molar-refractivity contribution in [2.24, 2.45) is 23.7 Å². The first-order valence-corrected chi connectivity index (χ1v) is 24.3. The number of esters is 7. The maximum absolute atomic E-state index is 13.2. The molecule has 2 saturated carbocycles. The van der Waals surface area contributed by atoms with Crippen LogP contribution in [0.3, 0.4) is 0 Å². The van der Waals surface area contributed by atoms with Crippen LogP contribution in [0.15, 0.2) is 61.7 Å². The summed E-state index contributed by atoms with van der Waals surface area (Å²) >= 11 is 0. The highest BCUT2D eigenvalue weighted by atomic mass is 16.6. The van der Waals surface area contributed by atoms with Gasteiger partial charge in [0.15, 0.2) is 5.78 Å². The molecule has 0 spiro atoms. The lowest BCUT2D eigenvalue weighted by Crippen LogP contribution is -2.52.